The van der Waals surface area contributed by atoms with E-state index in [9.17, 15) is 4.79 Å². The van der Waals surface area contributed by atoms with E-state index in [0.29, 0.717) is 24.2 Å². The Labute approximate surface area is 146 Å². The summed E-state index contributed by atoms with van der Waals surface area (Å²) in [5.41, 5.74) is 1.18. The van der Waals surface area contributed by atoms with E-state index in [1.54, 1.807) is 25.2 Å². The third-order valence-corrected chi connectivity index (χ3v) is 4.77. The SMILES string of the molecule is CN(C)C(=O)C1CCN(c2nccc(Nc3cc(C4CC4)[nH]n3)n2)C1. The van der Waals surface area contributed by atoms with Gasteiger partial charge in [-0.25, -0.2) is 4.98 Å². The molecule has 1 unspecified atom stereocenters. The van der Waals surface area contributed by atoms with E-state index >= 15 is 0 Å². The van der Waals surface area contributed by atoms with E-state index in [1.807, 2.05) is 12.1 Å². The first-order valence-corrected chi connectivity index (χ1v) is 8.71. The molecule has 2 N–H and O–H groups in total. The number of nitrogens with one attached hydrogen (secondary N) is 2. The van der Waals surface area contributed by atoms with Crippen LogP contribution in [0, 0.1) is 5.92 Å². The van der Waals surface area contributed by atoms with Gasteiger partial charge in [0, 0.05) is 51.1 Å². The summed E-state index contributed by atoms with van der Waals surface area (Å²) in [6, 6.07) is 3.87. The van der Waals surface area contributed by atoms with Crippen molar-refractivity contribution in [2.45, 2.75) is 25.2 Å². The lowest BCUT2D eigenvalue weighted by Gasteiger charge is -2.18. The zero-order chi connectivity index (χ0) is 17.4. The highest BCUT2D eigenvalue weighted by Gasteiger charge is 2.30. The first-order valence-electron chi connectivity index (χ1n) is 8.71. The number of rotatable bonds is 5. The number of hydrogen-bond donors (Lipinski definition) is 2. The van der Waals surface area contributed by atoms with Crippen LogP contribution in [0.3, 0.4) is 0 Å². The lowest BCUT2D eigenvalue weighted by molar-refractivity contribution is -0.132. The molecule has 1 saturated heterocycles. The van der Waals surface area contributed by atoms with Crippen molar-refractivity contribution in [2.24, 2.45) is 5.92 Å². The van der Waals surface area contributed by atoms with E-state index in [2.05, 4.69) is 30.4 Å². The molecule has 2 fully saturated rings. The summed E-state index contributed by atoms with van der Waals surface area (Å²) in [7, 11) is 3.59. The molecular weight excluding hydrogens is 318 g/mol. The molecule has 0 radical (unpaired) electrons. The maximum Gasteiger partial charge on any atom is 0.227 e. The van der Waals surface area contributed by atoms with Crippen LogP contribution in [0.15, 0.2) is 18.3 Å². The van der Waals surface area contributed by atoms with Gasteiger partial charge in [0.2, 0.25) is 11.9 Å². The number of amides is 1. The zero-order valence-electron chi connectivity index (χ0n) is 14.6. The van der Waals surface area contributed by atoms with Gasteiger partial charge in [0.1, 0.15) is 5.82 Å². The van der Waals surface area contributed by atoms with Crippen LogP contribution < -0.4 is 10.2 Å². The molecule has 4 rings (SSSR count). The van der Waals surface area contributed by atoms with Gasteiger partial charge in [-0.05, 0) is 25.3 Å². The number of aromatic nitrogens is 4. The minimum atomic E-state index is 0.0163. The van der Waals surface area contributed by atoms with Crippen molar-refractivity contribution in [3.63, 3.8) is 0 Å². The lowest BCUT2D eigenvalue weighted by atomic mass is 10.1. The van der Waals surface area contributed by atoms with Gasteiger partial charge in [-0.2, -0.15) is 10.1 Å². The predicted octanol–water partition coefficient (Wildman–Crippen LogP) is 1.74. The van der Waals surface area contributed by atoms with Gasteiger partial charge < -0.3 is 15.1 Å². The largest absolute Gasteiger partial charge is 0.349 e. The Morgan fingerprint density at radius 2 is 2.16 bits per heavy atom. The highest BCUT2D eigenvalue weighted by Crippen LogP contribution is 2.39. The Morgan fingerprint density at radius 1 is 1.32 bits per heavy atom. The topological polar surface area (TPSA) is 90.0 Å². The summed E-state index contributed by atoms with van der Waals surface area (Å²) in [4.78, 5) is 24.8. The van der Waals surface area contributed by atoms with Crippen LogP contribution in [-0.2, 0) is 4.79 Å². The zero-order valence-corrected chi connectivity index (χ0v) is 14.6. The van der Waals surface area contributed by atoms with Crippen molar-refractivity contribution in [2.75, 3.05) is 37.4 Å². The smallest absolute Gasteiger partial charge is 0.227 e. The highest BCUT2D eigenvalue weighted by molar-refractivity contribution is 5.79. The second kappa shape index (κ2) is 6.34. The van der Waals surface area contributed by atoms with Crippen molar-refractivity contribution in [1.82, 2.24) is 25.1 Å². The molecule has 0 bridgehead atoms. The molecule has 1 amide bonds. The van der Waals surface area contributed by atoms with Crippen LogP contribution in [0.1, 0.15) is 30.9 Å². The van der Waals surface area contributed by atoms with Crippen molar-refractivity contribution in [3.8, 4) is 0 Å². The number of nitrogens with zero attached hydrogens (tertiary/aromatic N) is 5. The Morgan fingerprint density at radius 3 is 2.92 bits per heavy atom. The number of anilines is 3. The molecule has 1 saturated carbocycles. The monoisotopic (exact) mass is 341 g/mol. The summed E-state index contributed by atoms with van der Waals surface area (Å²) < 4.78 is 0. The highest BCUT2D eigenvalue weighted by atomic mass is 16.2. The number of hydrogen-bond acceptors (Lipinski definition) is 6. The van der Waals surface area contributed by atoms with Crippen LogP contribution in [-0.4, -0.2) is 58.2 Å². The molecule has 2 aromatic heterocycles. The van der Waals surface area contributed by atoms with Gasteiger partial charge in [0.15, 0.2) is 5.82 Å². The van der Waals surface area contributed by atoms with Crippen LogP contribution in [0.2, 0.25) is 0 Å². The summed E-state index contributed by atoms with van der Waals surface area (Å²) in [5, 5.41) is 10.6. The minimum Gasteiger partial charge on any atom is -0.349 e. The third-order valence-electron chi connectivity index (χ3n) is 4.77. The number of carbonyl (C=O) groups excluding carboxylic acids is 1. The van der Waals surface area contributed by atoms with Gasteiger partial charge in [-0.15, -0.1) is 0 Å². The van der Waals surface area contributed by atoms with E-state index in [4.69, 9.17) is 0 Å². The van der Waals surface area contributed by atoms with Crippen molar-refractivity contribution < 1.29 is 4.79 Å². The van der Waals surface area contributed by atoms with Crippen LogP contribution in [0.5, 0.6) is 0 Å². The quantitative estimate of drug-likeness (QED) is 0.861. The van der Waals surface area contributed by atoms with Crippen molar-refractivity contribution in [1.29, 1.82) is 0 Å². The third kappa shape index (κ3) is 3.42. The van der Waals surface area contributed by atoms with E-state index in [1.165, 1.54) is 18.5 Å². The average Bonchev–Trinajstić information content (AvgIpc) is 3.16. The molecule has 132 valence electrons. The predicted molar refractivity (Wildman–Crippen MR) is 94.9 cm³/mol. The molecule has 3 heterocycles. The normalized spacial score (nSPS) is 19.9. The van der Waals surface area contributed by atoms with Crippen molar-refractivity contribution >= 4 is 23.5 Å². The molecule has 1 aliphatic heterocycles. The second-order valence-electron chi connectivity index (χ2n) is 7.01. The van der Waals surface area contributed by atoms with Gasteiger partial charge in [0.25, 0.3) is 0 Å². The summed E-state index contributed by atoms with van der Waals surface area (Å²) in [5.74, 6) is 2.95. The van der Waals surface area contributed by atoms with E-state index in [0.717, 1.165) is 18.8 Å². The minimum absolute atomic E-state index is 0.0163. The van der Waals surface area contributed by atoms with E-state index < -0.39 is 0 Å². The maximum atomic E-state index is 12.1. The van der Waals surface area contributed by atoms with Gasteiger partial charge in [-0.1, -0.05) is 0 Å². The first kappa shape index (κ1) is 15.9. The summed E-state index contributed by atoms with van der Waals surface area (Å²) >= 11 is 0. The molecule has 8 nitrogen and oxygen atoms in total. The molecule has 1 aliphatic carbocycles. The second-order valence-corrected chi connectivity index (χ2v) is 7.01. The fourth-order valence-corrected chi connectivity index (χ4v) is 3.21. The summed E-state index contributed by atoms with van der Waals surface area (Å²) in [6.45, 7) is 1.45. The molecular formula is C17H23N7O. The Balaban J connectivity index is 1.43. The Bertz CT molecular complexity index is 768. The van der Waals surface area contributed by atoms with Crippen LogP contribution >= 0.6 is 0 Å². The molecule has 2 aromatic rings. The molecule has 8 heteroatoms. The van der Waals surface area contributed by atoms with Crippen LogP contribution in [0.25, 0.3) is 0 Å². The lowest BCUT2D eigenvalue weighted by Crippen LogP contribution is -2.32. The number of carbonyl (C=O) groups is 1. The molecule has 25 heavy (non-hydrogen) atoms. The first-order chi connectivity index (χ1) is 12.1. The molecule has 1 atom stereocenters. The Kier molecular flexibility index (Phi) is 4.03. The molecule has 2 aliphatic rings. The van der Waals surface area contributed by atoms with Crippen molar-refractivity contribution in [3.05, 3.63) is 24.0 Å². The standard InChI is InChI=1S/C17H23N7O/c1-23(2)16(25)12-6-8-24(10-12)17-18-7-5-14(20-17)19-15-9-13(21-22-15)11-3-4-11/h5,7,9,11-12H,3-4,6,8,10H2,1-2H3,(H2,18,19,20,21,22). The van der Waals surface area contributed by atoms with E-state index in [-0.39, 0.29) is 11.8 Å². The maximum absolute atomic E-state index is 12.1. The average molecular weight is 341 g/mol. The number of H-pyrrole nitrogens is 1. The van der Waals surface area contributed by atoms with Gasteiger partial charge in [-0.3, -0.25) is 9.89 Å². The van der Waals surface area contributed by atoms with Gasteiger partial charge in [0.05, 0.1) is 5.92 Å². The van der Waals surface area contributed by atoms with Gasteiger partial charge >= 0.3 is 0 Å². The fraction of sp³-hybridized carbons (Fsp3) is 0.529. The molecule has 0 aromatic carbocycles. The van der Waals surface area contributed by atoms with Crippen LogP contribution in [0.4, 0.5) is 17.6 Å². The Hall–Kier alpha value is -2.64. The molecule has 0 spiro atoms. The summed E-state index contributed by atoms with van der Waals surface area (Å²) in [6.07, 6.45) is 5.05. The fourth-order valence-electron chi connectivity index (χ4n) is 3.21. The number of aromatic amines is 1.